The number of nitrogens with one attached hydrogen (secondary N) is 2. The predicted molar refractivity (Wildman–Crippen MR) is 246 cm³/mol. The number of rotatable bonds is 28. The quantitative estimate of drug-likeness (QED) is 0.0331. The fraction of sp³-hybridized carbons (Fsp3) is 0.576. The summed E-state index contributed by atoms with van der Waals surface area (Å²) in [6.45, 7) is 4.89. The zero-order valence-corrected chi connectivity index (χ0v) is 44.7. The average molecular weight is 1190 g/mol. The van der Waals surface area contributed by atoms with E-state index in [1.807, 2.05) is 4.98 Å². The number of benzene rings is 1. The van der Waals surface area contributed by atoms with Crippen molar-refractivity contribution >= 4 is 74.6 Å². The van der Waals surface area contributed by atoms with Crippen LogP contribution in [-0.2, 0) is 78.3 Å². The van der Waals surface area contributed by atoms with Crippen molar-refractivity contribution in [3.05, 3.63) is 73.2 Å². The summed E-state index contributed by atoms with van der Waals surface area (Å²) in [4.78, 5) is 112. The number of ether oxygens (including phenoxy) is 1. The largest absolute Gasteiger partial charge is 0.490 e. The fourth-order valence-corrected chi connectivity index (χ4v) is 15.7. The number of aryl methyl sites for hydroxylation is 1. The second-order valence-electron chi connectivity index (χ2n) is 16.2. The van der Waals surface area contributed by atoms with Crippen molar-refractivity contribution in [1.29, 1.82) is 0 Å². The van der Waals surface area contributed by atoms with Crippen molar-refractivity contribution in [2.45, 2.75) is 90.1 Å². The van der Waals surface area contributed by atoms with Crippen molar-refractivity contribution < 1.29 is 125 Å². The van der Waals surface area contributed by atoms with Crippen LogP contribution >= 0.6 is 46.9 Å². The minimum atomic E-state index is -6.55. The molecule has 1 amide bonds. The van der Waals surface area contributed by atoms with Crippen molar-refractivity contribution in [3.8, 4) is 0 Å². The molecule has 4 rings (SSSR count). The monoisotopic (exact) mass is 1190 g/mol. The number of phosphoric acid groups is 6. The molecule has 2 aliphatic rings. The first-order valence-electron chi connectivity index (χ1n) is 20.9. The number of amides is 1. The van der Waals surface area contributed by atoms with E-state index < -0.39 is 123 Å². The first-order chi connectivity index (χ1) is 33.3. The summed E-state index contributed by atoms with van der Waals surface area (Å²) < 4.78 is 139. The smallest absolute Gasteiger partial charge is 0.478 e. The third kappa shape index (κ3) is 18.4. The van der Waals surface area contributed by atoms with Gasteiger partial charge in [0.1, 0.15) is 12.3 Å². The lowest BCUT2D eigenvalue weighted by molar-refractivity contribution is -0.0450. The van der Waals surface area contributed by atoms with Crippen LogP contribution in [0.2, 0.25) is 0 Å². The number of carbonyl (C=O) groups is 2. The average Bonchev–Trinajstić information content (AvgIpc) is 3.68. The van der Waals surface area contributed by atoms with Gasteiger partial charge in [0.25, 0.3) is 21.6 Å². The van der Waals surface area contributed by atoms with Gasteiger partial charge in [-0.1, -0.05) is 32.8 Å². The van der Waals surface area contributed by atoms with Crippen LogP contribution < -0.4 is 21.5 Å². The van der Waals surface area contributed by atoms with Gasteiger partial charge >= 0.3 is 58.6 Å². The van der Waals surface area contributed by atoms with E-state index >= 15 is 0 Å². The predicted octanol–water partition coefficient (Wildman–Crippen LogP) is 3.18. The number of fused-ring (bicyclic) bond motifs is 1. The van der Waals surface area contributed by atoms with Crippen LogP contribution in [-0.4, -0.2) is 118 Å². The molecule has 0 aliphatic carbocycles. The van der Waals surface area contributed by atoms with Crippen LogP contribution in [0, 0.1) is 6.92 Å². The highest BCUT2D eigenvalue weighted by Gasteiger charge is 2.50. The summed E-state index contributed by atoms with van der Waals surface area (Å²) >= 11 is 0. The Hall–Kier alpha value is -2.93. The lowest BCUT2D eigenvalue weighted by Crippen LogP contribution is -2.33. The topological polar surface area (TPSA) is 497 Å². The molecule has 0 saturated carbocycles. The molecule has 2 aromatic rings. The van der Waals surface area contributed by atoms with E-state index in [-0.39, 0.29) is 61.9 Å². The number of hydrogen-bond acceptors (Lipinski definition) is 22. The van der Waals surface area contributed by atoms with E-state index in [0.717, 1.165) is 10.8 Å². The normalized spacial score (nSPS) is 23.3. The summed E-state index contributed by atoms with van der Waals surface area (Å²) in [5.41, 5.74) is -1.27. The lowest BCUT2D eigenvalue weighted by Gasteiger charge is -2.27. The summed E-state index contributed by atoms with van der Waals surface area (Å²) in [6.07, 6.45) is -1.11. The molecule has 3 heterocycles. The lowest BCUT2D eigenvalue weighted by atomic mass is 9.80. The number of nitrogens with zero attached hydrogens (tertiary/aromatic N) is 2. The van der Waals surface area contributed by atoms with Gasteiger partial charge in [0, 0.05) is 59.2 Å². The number of carboxylic acid groups (broad SMARTS) is 1. The summed E-state index contributed by atoms with van der Waals surface area (Å²) in [5.74, 6) is -2.54. The molecule has 1 saturated heterocycles. The van der Waals surface area contributed by atoms with Gasteiger partial charge in [-0.15, -0.1) is 0 Å². The number of hydrogen-bond donors (Lipinski definition) is 11. The first-order valence-corrected chi connectivity index (χ1v) is 31.4. The Labute approximate surface area is 413 Å². The molecule has 73 heavy (non-hydrogen) atoms. The van der Waals surface area contributed by atoms with E-state index in [9.17, 15) is 99.1 Å². The Balaban J connectivity index is 1.21. The van der Waals surface area contributed by atoms with E-state index in [0.29, 0.717) is 23.4 Å². The number of H-pyrrole nitrogens is 1. The molecule has 1 aromatic carbocycles. The van der Waals surface area contributed by atoms with E-state index in [4.69, 9.17) is 4.74 Å². The van der Waals surface area contributed by atoms with Crippen molar-refractivity contribution in [2.75, 3.05) is 37.0 Å². The van der Waals surface area contributed by atoms with Gasteiger partial charge in [0.2, 0.25) is 0 Å². The fourth-order valence-electron chi connectivity index (χ4n) is 7.38. The highest BCUT2D eigenvalue weighted by molar-refractivity contribution is 7.85. The van der Waals surface area contributed by atoms with Crippen LogP contribution in [0.25, 0.3) is 0 Å². The van der Waals surface area contributed by atoms with Crippen LogP contribution in [0.5, 0.6) is 0 Å². The minimum Gasteiger partial charge on any atom is -0.478 e. The van der Waals surface area contributed by atoms with Gasteiger partial charge in [0.05, 0.1) is 30.6 Å². The molecule has 1 fully saturated rings. The Morgan fingerprint density at radius 3 is 1.92 bits per heavy atom. The molecular weight excluding hydrogens is 1130 g/mol. The maximum absolute atomic E-state index is 13.2. The highest BCUT2D eigenvalue weighted by atomic mass is 32.2. The number of allylic oxidation sites excluding steroid dienone is 2. The van der Waals surface area contributed by atoms with Crippen molar-refractivity contribution in [3.63, 3.8) is 0 Å². The highest BCUT2D eigenvalue weighted by Crippen LogP contribution is 2.75. The van der Waals surface area contributed by atoms with Gasteiger partial charge < -0.3 is 54.5 Å². The second kappa shape index (κ2) is 24.2. The van der Waals surface area contributed by atoms with Gasteiger partial charge in [0.15, 0.2) is 0 Å². The number of aromatic amines is 1. The summed E-state index contributed by atoms with van der Waals surface area (Å²) in [7, 11) is -41.6. The maximum Gasteiger partial charge on any atom is 0.490 e. The molecule has 0 bridgehead atoms. The minimum absolute atomic E-state index is 0.0197. The molecule has 0 radical (unpaired) electrons. The molecule has 414 valence electrons. The molecule has 1 aromatic heterocycles. The number of aliphatic hydroxyl groups is 1. The van der Waals surface area contributed by atoms with E-state index in [1.165, 1.54) is 19.1 Å². The molecular formula is C33H52N4O29P6S. The molecule has 0 spiro atoms. The molecule has 33 nitrogen and oxygen atoms in total. The van der Waals surface area contributed by atoms with Crippen LogP contribution in [0.15, 0.2) is 39.7 Å². The zero-order chi connectivity index (χ0) is 55.3. The molecule has 11 N–H and O–H groups in total. The number of aliphatic hydroxyl groups excluding tert-OH is 1. The van der Waals surface area contributed by atoms with Gasteiger partial charge in [-0.2, -0.15) is 30.0 Å². The summed E-state index contributed by atoms with van der Waals surface area (Å²) in [5, 5.41) is 23.0. The number of unbranched alkanes of at least 4 members (excludes halogenated alkanes) is 3. The van der Waals surface area contributed by atoms with Crippen LogP contribution in [0.3, 0.4) is 0 Å². The van der Waals surface area contributed by atoms with Gasteiger partial charge in [-0.05, 0) is 45.2 Å². The number of carbonyl (C=O) groups excluding carboxylic acids is 1. The second-order valence-corrected chi connectivity index (χ2v) is 27.2. The first kappa shape index (κ1) is 62.6. The molecule has 2 aliphatic heterocycles. The Morgan fingerprint density at radius 1 is 0.849 bits per heavy atom. The Bertz CT molecular complexity index is 2980. The van der Waals surface area contributed by atoms with E-state index in [1.54, 1.807) is 31.7 Å². The molecule has 9 atom stereocenters. The Morgan fingerprint density at radius 2 is 1.38 bits per heavy atom. The third-order valence-electron chi connectivity index (χ3n) is 10.2. The van der Waals surface area contributed by atoms with Crippen molar-refractivity contribution in [2.24, 2.45) is 0 Å². The van der Waals surface area contributed by atoms with Crippen molar-refractivity contribution in [1.82, 2.24) is 14.9 Å². The molecule has 7 unspecified atom stereocenters. The number of carboxylic acids is 1. The van der Waals surface area contributed by atoms with Gasteiger partial charge in [-0.3, -0.25) is 32.7 Å². The number of aromatic nitrogens is 2. The van der Waals surface area contributed by atoms with Crippen LogP contribution in [0.1, 0.15) is 97.4 Å². The standard InChI is InChI=1S/C33H52N4O29P6S/c1-5-26-33(3,4)28-22(31(41)42)15-21(16-23(28)36(26)12-10-14-73(56,57)58)30(40)34-11-8-6-7-9-13-59-67(44,45)62-69(48,49)64-71(52,53)66-72(54,55)65-70(50,51)63-68(46,47)60-19-25-24(38)17-27(61-25)37-18-20(2)29(39)35-32(37)43/h5,15-16,18,24-25,27,38H,6-14,17,19H2,1-4H3,(H,34,40)(H,41,42)(H,44,45)(H,46,47)(H,48,49)(H,50,51)(H,52,53)(H,54,55)(H,35,39,43)(H,56,57,58)/b26-5+/t24?,25-,27-/m0/s1. The Kier molecular flexibility index (Phi) is 20.7. The van der Waals surface area contributed by atoms with Gasteiger partial charge in [-0.25, -0.2) is 37.0 Å². The maximum atomic E-state index is 13.2. The number of phosphoric ester groups is 2. The number of aromatic carboxylic acids is 1. The third-order valence-corrected chi connectivity index (χ3v) is 20.3. The zero-order valence-electron chi connectivity index (χ0n) is 38.5. The van der Waals surface area contributed by atoms with Crippen LogP contribution in [0.4, 0.5) is 5.69 Å². The number of anilines is 1. The summed E-state index contributed by atoms with van der Waals surface area (Å²) in [6, 6.07) is 2.67. The molecule has 40 heteroatoms. The SMILES string of the molecule is C/C=C1/N(CCCS(=O)(=O)O)c2cc(C(=O)NCCCCCCOP(=O)(O)OP(=O)(O)OP(=O)(O)OP(=O)(O)OP(=O)(O)OP(=O)(O)OC[C@@H]3O[C@H](n4cc(C)c(=O)[nH]c4=O)CC3O)cc(C(=O)O)c2C1(C)C. The van der Waals surface area contributed by atoms with E-state index in [2.05, 4.69) is 35.9 Å².